The van der Waals surface area contributed by atoms with E-state index in [4.69, 9.17) is 53.2 Å². The molecule has 17 N–H and O–H groups in total. The van der Waals surface area contributed by atoms with Crippen LogP contribution in [0.3, 0.4) is 0 Å². The number of carbonyl (C=O) groups is 15. The van der Waals surface area contributed by atoms with E-state index in [1.54, 1.807) is 7.05 Å². The van der Waals surface area contributed by atoms with Crippen LogP contribution >= 0.6 is 0 Å². The van der Waals surface area contributed by atoms with Crippen molar-refractivity contribution in [1.29, 1.82) is 0 Å². The van der Waals surface area contributed by atoms with E-state index >= 15 is 0 Å². The molecule has 7 atom stereocenters. The molecule has 3 rings (SSSR count). The number of nitrogens with two attached hydrogens (primary N) is 4. The lowest BCUT2D eigenvalue weighted by molar-refractivity contribution is -0.182. The van der Waals surface area contributed by atoms with Crippen LogP contribution in [0.5, 0.6) is 0 Å². The highest BCUT2D eigenvalue weighted by molar-refractivity contribution is 6.33. The molecule has 0 aromatic rings. The van der Waals surface area contributed by atoms with Gasteiger partial charge in [0.15, 0.2) is 6.10 Å². The molecule has 1 saturated carbocycles. The number of rotatable bonds is 30. The molecule has 0 aromatic heterocycles. The largest absolute Gasteiger partial charge is 0.481 e. The van der Waals surface area contributed by atoms with Crippen LogP contribution in [0.25, 0.3) is 0 Å². The zero-order valence-corrected chi connectivity index (χ0v) is 45.3. The standard InChI is InChI=1S/C18H26N2O11.C10H17N3O4.C8H11NO5.C7H15NO2.C6H10O2/c19-10(6-7-13(20)23)16(28)31-18(17(29)30,9-3-5-12(22)15(26)27)8-2-1-4-11(21)14(24)25;11-6(3-4-8(12)14)9(15)17-10(16)7-2-1-5-13-7;1-4(7(11)12)14-8(13)5-2-3-6(10)9-5;1-5(2)4-6(8-3)7(9)10;7-6(8)5-3-1-2-4-5/h10H,1-9,19H2,(H2,20,23)(H,24,25)(H,26,27)(H,29,30);6-7,13H,1-5,11H2,(H2,12,14);4-5H,2-3H2,1H3,(H,9,10)(H,11,12);5-6,8H,4H2,1-3H3,(H,9,10);5H,1-4H2,(H,7,8)/t10-,18-;6-,7-;4-,5-;6-;/m0000./s1. The summed E-state index contributed by atoms with van der Waals surface area (Å²) in [5, 5.41) is 60.4. The van der Waals surface area contributed by atoms with E-state index in [1.807, 2.05) is 13.8 Å². The Labute approximate surface area is 460 Å². The maximum atomic E-state index is 12.3. The first-order valence-corrected chi connectivity index (χ1v) is 25.6. The van der Waals surface area contributed by atoms with Gasteiger partial charge < -0.3 is 83.7 Å². The summed E-state index contributed by atoms with van der Waals surface area (Å²) in [5.74, 6) is -14.1. The number of ketones is 2. The van der Waals surface area contributed by atoms with Gasteiger partial charge in [-0.1, -0.05) is 26.7 Å². The summed E-state index contributed by atoms with van der Waals surface area (Å²) in [7, 11) is 1.67. The summed E-state index contributed by atoms with van der Waals surface area (Å²) in [6, 6.07) is -3.86. The third-order valence-electron chi connectivity index (χ3n) is 11.9. The third-order valence-corrected chi connectivity index (χ3v) is 11.9. The minimum Gasteiger partial charge on any atom is -0.481 e. The average Bonchev–Trinajstić information content (AvgIpc) is 4.21. The highest BCUT2D eigenvalue weighted by Crippen LogP contribution is 2.29. The Morgan fingerprint density at radius 2 is 1.16 bits per heavy atom. The van der Waals surface area contributed by atoms with Gasteiger partial charge in [0.05, 0.1) is 5.92 Å². The molecule has 3 aliphatic rings. The van der Waals surface area contributed by atoms with Gasteiger partial charge in [0, 0.05) is 32.1 Å². The van der Waals surface area contributed by atoms with Gasteiger partial charge in [-0.2, -0.15) is 0 Å². The molecular formula is C49H79N7O24. The molecule has 2 aliphatic heterocycles. The maximum absolute atomic E-state index is 12.3. The van der Waals surface area contributed by atoms with Crippen LogP contribution in [0.4, 0.5) is 0 Å². The number of unbranched alkanes of at least 4 members (excludes halogenated alkanes) is 1. The second-order valence-corrected chi connectivity index (χ2v) is 19.1. The van der Waals surface area contributed by atoms with Crippen molar-refractivity contribution in [2.75, 3.05) is 13.6 Å². The Kier molecular flexibility index (Phi) is 37.1. The van der Waals surface area contributed by atoms with E-state index in [0.29, 0.717) is 25.2 Å². The lowest BCUT2D eigenvalue weighted by Crippen LogP contribution is -2.47. The highest BCUT2D eigenvalue weighted by atomic mass is 16.6. The van der Waals surface area contributed by atoms with Crippen molar-refractivity contribution in [3.05, 3.63) is 0 Å². The molecule has 0 radical (unpaired) electrons. The summed E-state index contributed by atoms with van der Waals surface area (Å²) >= 11 is 0. The Morgan fingerprint density at radius 1 is 0.650 bits per heavy atom. The van der Waals surface area contributed by atoms with Crippen molar-refractivity contribution in [3.63, 3.8) is 0 Å². The summed E-state index contributed by atoms with van der Waals surface area (Å²) < 4.78 is 14.3. The van der Waals surface area contributed by atoms with Gasteiger partial charge in [-0.25, -0.2) is 33.6 Å². The van der Waals surface area contributed by atoms with Gasteiger partial charge >= 0.3 is 59.7 Å². The summed E-state index contributed by atoms with van der Waals surface area (Å²) in [4.78, 5) is 165. The van der Waals surface area contributed by atoms with Crippen molar-refractivity contribution in [1.82, 2.24) is 16.0 Å². The minimum atomic E-state index is -2.19. The highest BCUT2D eigenvalue weighted by Gasteiger charge is 2.43. The number of aliphatic carboxylic acids is 6. The molecule has 0 unspecified atom stereocenters. The molecule has 31 nitrogen and oxygen atoms in total. The second kappa shape index (κ2) is 39.8. The predicted octanol–water partition coefficient (Wildman–Crippen LogP) is -1.37. The van der Waals surface area contributed by atoms with Gasteiger partial charge in [0.25, 0.3) is 0 Å². The summed E-state index contributed by atoms with van der Waals surface area (Å²) in [5.41, 5.74) is 18.8. The van der Waals surface area contributed by atoms with E-state index in [-0.39, 0.29) is 82.1 Å². The Morgan fingerprint density at radius 3 is 1.54 bits per heavy atom. The topological polar surface area (TPSA) is 545 Å². The normalized spacial score (nSPS) is 17.5. The van der Waals surface area contributed by atoms with Crippen molar-refractivity contribution >= 4 is 89.0 Å². The number of amides is 3. The molecule has 3 fully saturated rings. The van der Waals surface area contributed by atoms with Crippen LogP contribution in [-0.2, 0) is 86.1 Å². The first-order valence-electron chi connectivity index (χ1n) is 25.6. The van der Waals surface area contributed by atoms with Crippen LogP contribution in [-0.4, -0.2) is 175 Å². The number of Topliss-reactive ketones (excluding diaryl/α,β-unsaturated/α-hetero) is 2. The Bertz CT molecular complexity index is 2140. The number of likely N-dealkylation sites (N-methyl/N-ethyl adjacent to an activating group) is 1. The summed E-state index contributed by atoms with van der Waals surface area (Å²) in [6.07, 6.45) is 3.40. The van der Waals surface area contributed by atoms with Crippen LogP contribution in [0.15, 0.2) is 0 Å². The molecule has 31 heteroatoms. The Balaban J connectivity index is 0. The van der Waals surface area contributed by atoms with Crippen LogP contribution in [0.1, 0.15) is 149 Å². The van der Waals surface area contributed by atoms with E-state index in [9.17, 15) is 77.0 Å². The van der Waals surface area contributed by atoms with Crippen molar-refractivity contribution in [2.45, 2.75) is 191 Å². The van der Waals surface area contributed by atoms with E-state index in [0.717, 1.165) is 38.6 Å². The van der Waals surface area contributed by atoms with Crippen molar-refractivity contribution in [2.24, 2.45) is 34.8 Å². The molecule has 1 aliphatic carbocycles. The average molecular weight is 1150 g/mol. The molecule has 454 valence electrons. The SMILES string of the molecule is CN[C@@H](CC(C)C)C(=O)O.C[C@H](OC(=O)[C@@H]1CCC(=O)N1)C(=O)O.NC(=O)CC[C@H](N)C(=O)OC(=O)[C@@H]1CCCN1.NC(=O)CC[C@H](N)C(=O)O[C@@](CCCCC(=O)C(=O)O)(CCCC(=O)C(=O)O)C(=O)O.O=C(O)C1CCCC1. The number of carbonyl (C=O) groups excluding carboxylic acids is 9. The van der Waals surface area contributed by atoms with Crippen LogP contribution in [0.2, 0.25) is 0 Å². The number of hydrogen-bond donors (Lipinski definition) is 13. The van der Waals surface area contributed by atoms with E-state index in [1.165, 1.54) is 6.92 Å². The second-order valence-electron chi connectivity index (χ2n) is 19.1. The van der Waals surface area contributed by atoms with Crippen molar-refractivity contribution in [3.8, 4) is 0 Å². The zero-order chi connectivity index (χ0) is 61.9. The molecule has 0 spiro atoms. The first-order chi connectivity index (χ1) is 37.2. The number of ether oxygens (including phenoxy) is 3. The number of esters is 4. The number of nitrogens with one attached hydrogen (secondary N) is 3. The number of carboxylic acids is 6. The number of hydrogen-bond acceptors (Lipinski definition) is 22. The smallest absolute Gasteiger partial charge is 0.372 e. The van der Waals surface area contributed by atoms with Crippen LogP contribution < -0.4 is 38.9 Å². The molecular weight excluding hydrogens is 1070 g/mol. The predicted molar refractivity (Wildman–Crippen MR) is 273 cm³/mol. The number of carboxylic acid groups (broad SMARTS) is 6. The van der Waals surface area contributed by atoms with Gasteiger partial charge in [-0.05, 0) is 110 Å². The summed E-state index contributed by atoms with van der Waals surface area (Å²) in [6.45, 7) is 6.01. The maximum Gasteiger partial charge on any atom is 0.372 e. The lowest BCUT2D eigenvalue weighted by Gasteiger charge is -2.30. The molecule has 3 amide bonds. The molecule has 0 aromatic carbocycles. The molecule has 2 saturated heterocycles. The zero-order valence-electron chi connectivity index (χ0n) is 45.3. The van der Waals surface area contributed by atoms with E-state index in [2.05, 4.69) is 25.4 Å². The first kappa shape index (κ1) is 74.6. The fraction of sp³-hybridized carbons (Fsp3) is 0.694. The van der Waals surface area contributed by atoms with Crippen molar-refractivity contribution < 1.29 is 117 Å². The Hall–Kier alpha value is -7.51. The quantitative estimate of drug-likeness (QED) is 0.0130. The monoisotopic (exact) mass is 1150 g/mol. The lowest BCUT2D eigenvalue weighted by atomic mass is 9.89. The van der Waals surface area contributed by atoms with Gasteiger partial charge in [-0.3, -0.25) is 38.4 Å². The fourth-order valence-corrected chi connectivity index (χ4v) is 7.24. The third kappa shape index (κ3) is 33.0. The molecule has 80 heavy (non-hydrogen) atoms. The molecule has 2 heterocycles. The molecule has 0 bridgehead atoms. The van der Waals surface area contributed by atoms with Crippen LogP contribution in [0, 0.1) is 11.8 Å². The van der Waals surface area contributed by atoms with Gasteiger partial charge in [-0.15, -0.1) is 0 Å². The van der Waals surface area contributed by atoms with E-state index < -0.39 is 132 Å². The minimum absolute atomic E-state index is 0.00780. The van der Waals surface area contributed by atoms with Gasteiger partial charge in [0.1, 0.15) is 30.2 Å². The fourth-order valence-electron chi connectivity index (χ4n) is 7.24. The number of primary amides is 2. The van der Waals surface area contributed by atoms with Gasteiger partial charge in [0.2, 0.25) is 34.9 Å².